The third-order valence-electron chi connectivity index (χ3n) is 3.72. The summed E-state index contributed by atoms with van der Waals surface area (Å²) in [6.07, 6.45) is 12.5. The number of carbonyl (C=O) groups is 2. The normalized spacial score (nSPS) is 12.9. The molecular formula is C17H31Cl2NO2. The van der Waals surface area contributed by atoms with Gasteiger partial charge in [0, 0.05) is 7.79 Å². The maximum atomic E-state index is 11.2. The van der Waals surface area contributed by atoms with Crippen molar-refractivity contribution in [2.45, 2.75) is 90.0 Å². The van der Waals surface area contributed by atoms with Crippen molar-refractivity contribution in [1.82, 2.24) is 5.32 Å². The first kappa shape index (κ1) is 19.9. The highest BCUT2D eigenvalue weighted by atomic mass is 35.5. The van der Waals surface area contributed by atoms with Crippen molar-refractivity contribution in [2.24, 2.45) is 0 Å². The topological polar surface area (TPSA) is 46.2 Å². The number of carbonyl (C=O) groups excluding carboxylic acids is 2. The summed E-state index contributed by atoms with van der Waals surface area (Å²) in [5.41, 5.74) is 0. The van der Waals surface area contributed by atoms with Crippen molar-refractivity contribution >= 4 is 33.7 Å². The fraction of sp³-hybridized carbons (Fsp3) is 0.882. The average molecular weight is 353 g/mol. The van der Waals surface area contributed by atoms with Gasteiger partial charge in [-0.1, -0.05) is 64.7 Å². The summed E-state index contributed by atoms with van der Waals surface area (Å²) in [6, 6.07) is -0.469. The van der Waals surface area contributed by atoms with Gasteiger partial charge in [-0.25, -0.2) is 0 Å². The predicted octanol–water partition coefficient (Wildman–Crippen LogP) is 5.18. The van der Waals surface area contributed by atoms with Gasteiger partial charge in [-0.3, -0.25) is 9.59 Å². The van der Waals surface area contributed by atoms with Gasteiger partial charge in [-0.15, -0.1) is 0 Å². The lowest BCUT2D eigenvalue weighted by atomic mass is 10.1. The third kappa shape index (κ3) is 14.8. The van der Waals surface area contributed by atoms with E-state index in [-0.39, 0.29) is 6.42 Å². The van der Waals surface area contributed by atoms with Crippen LogP contribution in [0.1, 0.15) is 85.3 Å². The molecule has 0 rings (SSSR count). The molecule has 0 saturated carbocycles. The molecule has 0 aromatic rings. The summed E-state index contributed by atoms with van der Waals surface area (Å²) in [5.74, 6) is 0. The molecule has 22 heavy (non-hydrogen) atoms. The van der Waals surface area contributed by atoms with E-state index in [0.717, 1.165) is 25.8 Å². The summed E-state index contributed by atoms with van der Waals surface area (Å²) < 4.78 is 7.07. The van der Waals surface area contributed by atoms with Crippen LogP contribution in [0.4, 0.5) is 0 Å². The highest BCUT2D eigenvalue weighted by molar-refractivity contribution is 6.65. The number of rotatable bonds is 16. The molecule has 3 nitrogen and oxygen atoms in total. The van der Waals surface area contributed by atoms with Gasteiger partial charge in [-0.05, 0) is 42.6 Å². The van der Waals surface area contributed by atoms with E-state index in [2.05, 4.69) is 5.32 Å². The fourth-order valence-electron chi connectivity index (χ4n) is 2.37. The van der Waals surface area contributed by atoms with Crippen molar-refractivity contribution < 1.29 is 11.0 Å². The number of hydrogen-bond donors (Lipinski definition) is 1. The Morgan fingerprint density at radius 1 is 0.955 bits per heavy atom. The molecule has 0 aromatic heterocycles. The number of hydrogen-bond acceptors (Lipinski definition) is 3. The van der Waals surface area contributed by atoms with E-state index in [1.165, 1.54) is 44.9 Å². The van der Waals surface area contributed by atoms with Crippen molar-refractivity contribution in [3.63, 3.8) is 0 Å². The predicted molar refractivity (Wildman–Crippen MR) is 94.6 cm³/mol. The Morgan fingerprint density at radius 3 is 2.00 bits per heavy atom. The second kappa shape index (κ2) is 15.8. The Morgan fingerprint density at radius 2 is 1.50 bits per heavy atom. The molecule has 0 fully saturated rings. The Balaban J connectivity index is 3.39. The molecular weight excluding hydrogens is 321 g/mol. The molecule has 0 aliphatic heterocycles. The van der Waals surface area contributed by atoms with Crippen molar-refractivity contribution in [2.75, 3.05) is 6.54 Å². The molecule has 0 amide bonds. The molecule has 0 spiro atoms. The molecule has 0 heterocycles. The minimum absolute atomic E-state index is 0.166. The molecule has 130 valence electrons. The number of halogens is 2. The van der Waals surface area contributed by atoms with Gasteiger partial charge in [0.25, 0.3) is 0 Å². The number of unbranched alkanes of at least 4 members (excludes halogenated alkanes) is 9. The Hall–Kier alpha value is -0.120. The molecule has 0 bridgehead atoms. The lowest BCUT2D eigenvalue weighted by Crippen LogP contribution is -2.35. The highest BCUT2D eigenvalue weighted by Gasteiger charge is 2.16. The van der Waals surface area contributed by atoms with Gasteiger partial charge in [0.1, 0.15) is 0 Å². The van der Waals surface area contributed by atoms with Gasteiger partial charge < -0.3 is 5.32 Å². The van der Waals surface area contributed by atoms with E-state index in [0.29, 0.717) is 13.3 Å². The second-order valence-electron chi connectivity index (χ2n) is 5.74. The summed E-state index contributed by atoms with van der Waals surface area (Å²) >= 11 is 10.8. The standard InChI is InChI=1S/C17H31Cl2NO2/c1-2-3-4-5-6-7-8-9-10-11-14-20-15(17(19)22)12-13-16(18)21/h15,20H,2-14H2,1H3/t15-/m0/s1/i1D. The minimum Gasteiger partial charge on any atom is -0.306 e. The first-order valence-corrected chi connectivity index (χ1v) is 9.23. The van der Waals surface area contributed by atoms with Crippen molar-refractivity contribution in [3.8, 4) is 0 Å². The molecule has 0 aliphatic rings. The SMILES string of the molecule is [2H]CCCCCCCCCCCCN[C@@H](CCC(=O)Cl)C(=O)Cl. The zero-order valence-corrected chi connectivity index (χ0v) is 15.1. The summed E-state index contributed by atoms with van der Waals surface area (Å²) in [5, 5.41) is 2.21. The third-order valence-corrected chi connectivity index (χ3v) is 4.17. The summed E-state index contributed by atoms with van der Waals surface area (Å²) in [7, 11) is 0. The van der Waals surface area contributed by atoms with E-state index in [9.17, 15) is 9.59 Å². The lowest BCUT2D eigenvalue weighted by molar-refractivity contribution is -0.114. The molecule has 1 atom stereocenters. The van der Waals surface area contributed by atoms with E-state index in [1.54, 1.807) is 0 Å². The Kier molecular flexibility index (Phi) is 14.3. The lowest BCUT2D eigenvalue weighted by Gasteiger charge is -2.13. The second-order valence-corrected chi connectivity index (χ2v) is 6.53. The Bertz CT molecular complexity index is 317. The maximum Gasteiger partial charge on any atom is 0.238 e. The van der Waals surface area contributed by atoms with Crippen LogP contribution >= 0.6 is 23.2 Å². The van der Waals surface area contributed by atoms with Gasteiger partial charge in [-0.2, -0.15) is 0 Å². The number of nitrogens with one attached hydrogen (secondary N) is 1. The molecule has 0 radical (unpaired) electrons. The average Bonchev–Trinajstić information content (AvgIpc) is 2.50. The molecule has 0 saturated heterocycles. The van der Waals surface area contributed by atoms with Gasteiger partial charge >= 0.3 is 0 Å². The van der Waals surface area contributed by atoms with Gasteiger partial charge in [0.05, 0.1) is 6.04 Å². The van der Waals surface area contributed by atoms with Crippen LogP contribution < -0.4 is 5.32 Å². The van der Waals surface area contributed by atoms with Crippen LogP contribution in [0.2, 0.25) is 0 Å². The maximum absolute atomic E-state index is 11.2. The monoisotopic (exact) mass is 352 g/mol. The van der Waals surface area contributed by atoms with Crippen LogP contribution in [0.3, 0.4) is 0 Å². The van der Waals surface area contributed by atoms with Gasteiger partial charge in [0.15, 0.2) is 0 Å². The van der Waals surface area contributed by atoms with E-state index in [4.69, 9.17) is 24.6 Å². The molecule has 0 unspecified atom stereocenters. The van der Waals surface area contributed by atoms with E-state index in [1.807, 2.05) is 0 Å². The largest absolute Gasteiger partial charge is 0.306 e. The molecule has 0 aromatic carbocycles. The van der Waals surface area contributed by atoms with Crippen LogP contribution in [0.5, 0.6) is 0 Å². The molecule has 0 aliphatic carbocycles. The first-order chi connectivity index (χ1) is 11.1. The zero-order valence-electron chi connectivity index (χ0n) is 14.5. The summed E-state index contributed by atoms with van der Waals surface area (Å²) in [4.78, 5) is 21.9. The highest BCUT2D eigenvalue weighted by Crippen LogP contribution is 2.10. The van der Waals surface area contributed by atoms with Crippen LogP contribution in [0, 0.1) is 0 Å². The van der Waals surface area contributed by atoms with Gasteiger partial charge in [0.2, 0.25) is 10.5 Å². The molecule has 1 N–H and O–H groups in total. The van der Waals surface area contributed by atoms with E-state index < -0.39 is 16.5 Å². The van der Waals surface area contributed by atoms with Crippen molar-refractivity contribution in [1.29, 1.82) is 0 Å². The smallest absolute Gasteiger partial charge is 0.238 e. The van der Waals surface area contributed by atoms with Crippen LogP contribution in [0.15, 0.2) is 0 Å². The fourth-order valence-corrected chi connectivity index (χ4v) is 2.66. The molecule has 5 heteroatoms. The summed E-state index contributed by atoms with van der Waals surface area (Å²) in [6.45, 7) is 1.30. The van der Waals surface area contributed by atoms with Crippen LogP contribution in [-0.4, -0.2) is 23.1 Å². The minimum atomic E-state index is -0.469. The van der Waals surface area contributed by atoms with Crippen LogP contribution in [-0.2, 0) is 9.59 Å². The van der Waals surface area contributed by atoms with Crippen LogP contribution in [0.25, 0.3) is 0 Å². The first-order valence-electron chi connectivity index (χ1n) is 9.19. The Labute approximate surface area is 146 Å². The van der Waals surface area contributed by atoms with E-state index >= 15 is 0 Å². The van der Waals surface area contributed by atoms with Crippen molar-refractivity contribution in [3.05, 3.63) is 0 Å². The zero-order chi connectivity index (χ0) is 17.3. The quantitative estimate of drug-likeness (QED) is 0.307.